The van der Waals surface area contributed by atoms with Crippen molar-refractivity contribution in [1.29, 1.82) is 0 Å². The smallest absolute Gasteiger partial charge is 0.0871 e. The fourth-order valence-corrected chi connectivity index (χ4v) is 3.73. The summed E-state index contributed by atoms with van der Waals surface area (Å²) >= 11 is 7.16. The monoisotopic (exact) mass is 394 g/mol. The lowest BCUT2D eigenvalue weighted by Crippen LogP contribution is -1.82. The summed E-state index contributed by atoms with van der Waals surface area (Å²) in [4.78, 5) is 0. The highest BCUT2D eigenvalue weighted by Gasteiger charge is 2.00. The molecule has 0 bridgehead atoms. The minimum atomic E-state index is 0.881. The molecule has 2 aromatic carbocycles. The van der Waals surface area contributed by atoms with Crippen LogP contribution in [0.4, 0.5) is 11.4 Å². The number of rotatable bonds is 6. The van der Waals surface area contributed by atoms with Crippen LogP contribution in [0.5, 0.6) is 0 Å². The first-order valence-electron chi connectivity index (χ1n) is 6.90. The van der Waals surface area contributed by atoms with Crippen LogP contribution in [0.15, 0.2) is 51.1 Å². The summed E-state index contributed by atoms with van der Waals surface area (Å²) in [5, 5.41) is 8.81. The van der Waals surface area contributed by atoms with Gasteiger partial charge in [0.25, 0.3) is 0 Å². The van der Waals surface area contributed by atoms with Gasteiger partial charge in [0, 0.05) is 16.0 Å². The van der Waals surface area contributed by atoms with E-state index in [0.29, 0.717) is 0 Å². The van der Waals surface area contributed by atoms with Crippen molar-refractivity contribution >= 4 is 50.8 Å². The molecule has 0 atom stereocenters. The van der Waals surface area contributed by atoms with E-state index in [0.717, 1.165) is 27.4 Å². The minimum Gasteiger partial charge on any atom is -0.161 e. The predicted molar refractivity (Wildman–Crippen MR) is 104 cm³/mol. The Morgan fingerprint density at radius 3 is 1.95 bits per heavy atom. The number of nitrogens with zero attached hydrogens (tertiary/aromatic N) is 2. The quantitative estimate of drug-likeness (QED) is 0.497. The number of halogens is 1. The number of thioether (sulfide) groups is 2. The second-order valence-corrected chi connectivity index (χ2v) is 7.71. The normalized spacial score (nSPS) is 11.3. The van der Waals surface area contributed by atoms with Gasteiger partial charge in [-0.15, -0.1) is 0 Å². The van der Waals surface area contributed by atoms with E-state index in [1.807, 2.05) is 17.8 Å². The van der Waals surface area contributed by atoms with Crippen LogP contribution in [0.1, 0.15) is 16.7 Å². The first-order valence-corrected chi connectivity index (χ1v) is 10.5. The summed E-state index contributed by atoms with van der Waals surface area (Å²) in [6, 6.07) is 12.6. The van der Waals surface area contributed by atoms with Crippen LogP contribution in [0.3, 0.4) is 0 Å². The molecule has 0 saturated carbocycles. The van der Waals surface area contributed by atoms with Crippen molar-refractivity contribution in [2.45, 2.75) is 18.4 Å². The van der Waals surface area contributed by atoms with E-state index in [2.05, 4.69) is 75.9 Å². The molecule has 22 heavy (non-hydrogen) atoms. The molecule has 116 valence electrons. The van der Waals surface area contributed by atoms with E-state index in [1.165, 1.54) is 16.7 Å². The maximum atomic E-state index is 4.41. The van der Waals surface area contributed by atoms with Crippen molar-refractivity contribution in [2.24, 2.45) is 10.2 Å². The third-order valence-electron chi connectivity index (χ3n) is 2.97. The second-order valence-electron chi connectivity index (χ2n) is 5.06. The molecule has 0 spiro atoms. The molecule has 2 rings (SSSR count). The van der Waals surface area contributed by atoms with Gasteiger partial charge in [0.2, 0.25) is 0 Å². The summed E-state index contributed by atoms with van der Waals surface area (Å²) in [7, 11) is 0. The molecular formula is C17H19BrN2S2. The molecule has 0 fully saturated rings. The Bertz CT molecular complexity index is 614. The standard InChI is InChI=1S/C17H19BrN2S2/c1-12-4-13(10-21-2)7-16(5-12)19-20-17-8-14(11-22-3)6-15(18)9-17/h4-9H,10-11H2,1-3H3. The molecule has 2 nitrogen and oxygen atoms in total. The number of azo groups is 1. The lowest BCUT2D eigenvalue weighted by Gasteiger charge is -2.03. The first kappa shape index (κ1) is 17.6. The molecule has 2 aromatic rings. The fraction of sp³-hybridized carbons (Fsp3) is 0.294. The van der Waals surface area contributed by atoms with E-state index < -0.39 is 0 Å². The maximum absolute atomic E-state index is 4.41. The van der Waals surface area contributed by atoms with Gasteiger partial charge in [-0.25, -0.2) is 0 Å². The zero-order valence-corrected chi connectivity index (χ0v) is 16.2. The van der Waals surface area contributed by atoms with Crippen molar-refractivity contribution in [3.05, 3.63) is 57.6 Å². The zero-order chi connectivity index (χ0) is 15.9. The molecule has 0 N–H and O–H groups in total. The van der Waals surface area contributed by atoms with Crippen LogP contribution >= 0.6 is 39.5 Å². The molecule has 0 aliphatic carbocycles. The number of aryl methyl sites for hydroxylation is 1. The van der Waals surface area contributed by atoms with Gasteiger partial charge in [-0.1, -0.05) is 22.0 Å². The number of hydrogen-bond acceptors (Lipinski definition) is 4. The summed E-state index contributed by atoms with van der Waals surface area (Å²) in [6.07, 6.45) is 4.21. The molecule has 0 amide bonds. The third kappa shape index (κ3) is 5.45. The van der Waals surface area contributed by atoms with E-state index in [4.69, 9.17) is 0 Å². The summed E-state index contributed by atoms with van der Waals surface area (Å²) in [6.45, 7) is 2.10. The number of benzene rings is 2. The van der Waals surface area contributed by atoms with Crippen LogP contribution in [-0.2, 0) is 11.5 Å². The van der Waals surface area contributed by atoms with Crippen molar-refractivity contribution in [2.75, 3.05) is 12.5 Å². The molecule has 0 radical (unpaired) electrons. The van der Waals surface area contributed by atoms with Gasteiger partial charge < -0.3 is 0 Å². The molecule has 0 heterocycles. The van der Waals surface area contributed by atoms with E-state index >= 15 is 0 Å². The van der Waals surface area contributed by atoms with E-state index in [1.54, 1.807) is 11.8 Å². The molecule has 0 saturated heterocycles. The van der Waals surface area contributed by atoms with Crippen LogP contribution in [0.25, 0.3) is 0 Å². The maximum Gasteiger partial charge on any atom is 0.0871 e. The predicted octanol–water partition coefficient (Wildman–Crippen LogP) is 6.90. The average Bonchev–Trinajstić information content (AvgIpc) is 2.45. The van der Waals surface area contributed by atoms with Gasteiger partial charge in [-0.3, -0.25) is 0 Å². The SMILES string of the molecule is CSCc1cc(C)cc(N=Nc2cc(Br)cc(CSC)c2)c1. The van der Waals surface area contributed by atoms with Crippen LogP contribution in [-0.4, -0.2) is 12.5 Å². The summed E-state index contributed by atoms with van der Waals surface area (Å²) in [5.41, 5.74) is 5.56. The largest absolute Gasteiger partial charge is 0.161 e. The summed E-state index contributed by atoms with van der Waals surface area (Å²) in [5.74, 6) is 1.98. The average molecular weight is 395 g/mol. The van der Waals surface area contributed by atoms with Crippen molar-refractivity contribution in [1.82, 2.24) is 0 Å². The Hall–Kier alpha value is -0.780. The van der Waals surface area contributed by atoms with Gasteiger partial charge in [0.1, 0.15) is 0 Å². The van der Waals surface area contributed by atoms with E-state index in [-0.39, 0.29) is 0 Å². The summed E-state index contributed by atoms with van der Waals surface area (Å²) < 4.78 is 1.04. The Kier molecular flexibility index (Phi) is 6.99. The third-order valence-corrected chi connectivity index (χ3v) is 4.67. The molecule has 0 aliphatic rings. The topological polar surface area (TPSA) is 24.7 Å². The van der Waals surface area contributed by atoms with Gasteiger partial charge in [-0.05, 0) is 66.5 Å². The Morgan fingerprint density at radius 2 is 1.36 bits per heavy atom. The zero-order valence-electron chi connectivity index (χ0n) is 13.0. The lowest BCUT2D eigenvalue weighted by molar-refractivity contribution is 1.20. The van der Waals surface area contributed by atoms with Crippen molar-refractivity contribution in [3.63, 3.8) is 0 Å². The first-order chi connectivity index (χ1) is 10.6. The Labute approximate surface area is 149 Å². The van der Waals surface area contributed by atoms with Gasteiger partial charge >= 0.3 is 0 Å². The van der Waals surface area contributed by atoms with Crippen LogP contribution in [0.2, 0.25) is 0 Å². The molecule has 0 aliphatic heterocycles. The van der Waals surface area contributed by atoms with Crippen LogP contribution in [0, 0.1) is 6.92 Å². The number of hydrogen-bond donors (Lipinski definition) is 0. The van der Waals surface area contributed by atoms with Gasteiger partial charge in [-0.2, -0.15) is 33.8 Å². The minimum absolute atomic E-state index is 0.881. The molecule has 0 unspecified atom stereocenters. The molecular weight excluding hydrogens is 376 g/mol. The molecule has 0 aromatic heterocycles. The van der Waals surface area contributed by atoms with Crippen LogP contribution < -0.4 is 0 Å². The molecule has 5 heteroatoms. The van der Waals surface area contributed by atoms with Crippen molar-refractivity contribution in [3.8, 4) is 0 Å². The Balaban J connectivity index is 2.24. The highest BCUT2D eigenvalue weighted by Crippen LogP contribution is 2.27. The van der Waals surface area contributed by atoms with Gasteiger partial charge in [0.15, 0.2) is 0 Å². The Morgan fingerprint density at radius 1 is 0.818 bits per heavy atom. The fourth-order valence-electron chi connectivity index (χ4n) is 2.20. The second kappa shape index (κ2) is 8.75. The highest BCUT2D eigenvalue weighted by atomic mass is 79.9. The van der Waals surface area contributed by atoms with Gasteiger partial charge in [0.05, 0.1) is 11.4 Å². The van der Waals surface area contributed by atoms with E-state index in [9.17, 15) is 0 Å². The lowest BCUT2D eigenvalue weighted by atomic mass is 10.1. The highest BCUT2D eigenvalue weighted by molar-refractivity contribution is 9.10. The van der Waals surface area contributed by atoms with Crippen molar-refractivity contribution < 1.29 is 0 Å².